The number of fused-ring (bicyclic) bond motifs is 2. The van der Waals surface area contributed by atoms with E-state index in [1.54, 1.807) is 54.6 Å². The summed E-state index contributed by atoms with van der Waals surface area (Å²) in [5.74, 6) is 0.899. The summed E-state index contributed by atoms with van der Waals surface area (Å²) in [5, 5.41) is 5.82. The summed E-state index contributed by atoms with van der Waals surface area (Å²) in [6.07, 6.45) is -0.661. The smallest absolute Gasteiger partial charge is 0.417 e. The lowest BCUT2D eigenvalue weighted by Crippen LogP contribution is -2.17. The molecule has 0 bridgehead atoms. The van der Waals surface area contributed by atoms with Crippen LogP contribution in [0.25, 0.3) is 0 Å². The Balaban J connectivity index is 1.55. The zero-order valence-corrected chi connectivity index (χ0v) is 14.6. The first-order valence-electron chi connectivity index (χ1n) is 8.05. The van der Waals surface area contributed by atoms with Gasteiger partial charge in [-0.25, -0.2) is 4.79 Å². The maximum atomic E-state index is 12.5. The summed E-state index contributed by atoms with van der Waals surface area (Å²) < 4.78 is 11.0. The highest BCUT2D eigenvalue weighted by Crippen LogP contribution is 2.37. The molecule has 0 saturated carbocycles. The molecule has 3 aromatic carbocycles. The van der Waals surface area contributed by atoms with Gasteiger partial charge in [-0.05, 0) is 48.5 Å². The van der Waals surface area contributed by atoms with E-state index in [9.17, 15) is 9.59 Å². The lowest BCUT2D eigenvalue weighted by Gasteiger charge is -2.10. The van der Waals surface area contributed by atoms with Crippen LogP contribution in [-0.2, 0) is 0 Å². The van der Waals surface area contributed by atoms with E-state index in [4.69, 9.17) is 21.1 Å². The van der Waals surface area contributed by atoms with E-state index < -0.39 is 6.09 Å². The minimum Gasteiger partial charge on any atom is -0.454 e. The molecule has 27 heavy (non-hydrogen) atoms. The van der Waals surface area contributed by atoms with Crippen LogP contribution in [0.15, 0.2) is 66.7 Å². The SMILES string of the molecule is O=C(Nc1ccc2c(c1)C(=O)Nc1cc(Cl)ccc1O2)Oc1ccccc1. The molecular formula is C20H13ClN2O4. The van der Waals surface area contributed by atoms with Crippen molar-refractivity contribution in [2.24, 2.45) is 0 Å². The number of hydrogen-bond acceptors (Lipinski definition) is 4. The molecule has 0 aromatic heterocycles. The zero-order chi connectivity index (χ0) is 18.8. The molecule has 1 aliphatic rings. The minimum atomic E-state index is -0.661. The number of carbonyl (C=O) groups excluding carboxylic acids is 2. The molecule has 0 saturated heterocycles. The molecule has 134 valence electrons. The summed E-state index contributed by atoms with van der Waals surface area (Å²) in [6, 6.07) is 18.4. The predicted molar refractivity (Wildman–Crippen MR) is 102 cm³/mol. The van der Waals surface area contributed by atoms with Crippen LogP contribution < -0.4 is 20.1 Å². The molecule has 0 spiro atoms. The maximum absolute atomic E-state index is 12.5. The van der Waals surface area contributed by atoms with Gasteiger partial charge in [0.25, 0.3) is 5.91 Å². The van der Waals surface area contributed by atoms with E-state index >= 15 is 0 Å². The van der Waals surface area contributed by atoms with Crippen molar-refractivity contribution in [3.8, 4) is 17.2 Å². The molecule has 0 aliphatic carbocycles. The van der Waals surface area contributed by atoms with E-state index in [0.717, 1.165) is 0 Å². The monoisotopic (exact) mass is 380 g/mol. The van der Waals surface area contributed by atoms with E-state index in [2.05, 4.69) is 10.6 Å². The molecule has 1 aliphatic heterocycles. The van der Waals surface area contributed by atoms with E-state index in [0.29, 0.717) is 33.6 Å². The van der Waals surface area contributed by atoms with Crippen molar-refractivity contribution in [3.63, 3.8) is 0 Å². The highest BCUT2D eigenvalue weighted by molar-refractivity contribution is 6.31. The van der Waals surface area contributed by atoms with Crippen molar-refractivity contribution in [1.29, 1.82) is 0 Å². The van der Waals surface area contributed by atoms with E-state index in [1.165, 1.54) is 6.07 Å². The van der Waals surface area contributed by atoms with Gasteiger partial charge in [-0.2, -0.15) is 0 Å². The number of para-hydroxylation sites is 1. The normalized spacial score (nSPS) is 12.0. The fraction of sp³-hybridized carbons (Fsp3) is 0. The van der Waals surface area contributed by atoms with Crippen molar-refractivity contribution in [2.45, 2.75) is 0 Å². The summed E-state index contributed by atoms with van der Waals surface area (Å²) >= 11 is 5.97. The highest BCUT2D eigenvalue weighted by Gasteiger charge is 2.22. The Morgan fingerprint density at radius 2 is 1.78 bits per heavy atom. The average Bonchev–Trinajstić information content (AvgIpc) is 2.78. The van der Waals surface area contributed by atoms with Crippen molar-refractivity contribution >= 4 is 35.0 Å². The summed E-state index contributed by atoms with van der Waals surface area (Å²) in [4.78, 5) is 24.6. The van der Waals surface area contributed by atoms with Gasteiger partial charge in [-0.15, -0.1) is 0 Å². The molecule has 0 unspecified atom stereocenters. The average molecular weight is 381 g/mol. The third-order valence-corrected chi connectivity index (χ3v) is 4.07. The number of nitrogens with one attached hydrogen (secondary N) is 2. The number of rotatable bonds is 2. The molecule has 0 atom stereocenters. The van der Waals surface area contributed by atoms with Crippen LogP contribution in [0.5, 0.6) is 17.2 Å². The van der Waals surface area contributed by atoms with Crippen LogP contribution in [0, 0.1) is 0 Å². The lowest BCUT2D eigenvalue weighted by molar-refractivity contribution is 0.102. The number of carbonyl (C=O) groups is 2. The van der Waals surface area contributed by atoms with Crippen molar-refractivity contribution in [2.75, 3.05) is 10.6 Å². The predicted octanol–water partition coefficient (Wildman–Crippen LogP) is 5.31. The van der Waals surface area contributed by atoms with Gasteiger partial charge in [0.1, 0.15) is 11.5 Å². The second kappa shape index (κ2) is 7.01. The van der Waals surface area contributed by atoms with Gasteiger partial charge in [0, 0.05) is 10.7 Å². The fourth-order valence-corrected chi connectivity index (χ4v) is 2.78. The topological polar surface area (TPSA) is 76.7 Å². The molecule has 3 aromatic rings. The van der Waals surface area contributed by atoms with Crippen LogP contribution in [0.1, 0.15) is 10.4 Å². The molecule has 2 amide bonds. The molecule has 0 radical (unpaired) electrons. The maximum Gasteiger partial charge on any atom is 0.417 e. The third-order valence-electron chi connectivity index (χ3n) is 3.83. The first-order valence-corrected chi connectivity index (χ1v) is 8.43. The summed E-state index contributed by atoms with van der Waals surface area (Å²) in [7, 11) is 0. The Morgan fingerprint density at radius 1 is 1.00 bits per heavy atom. The van der Waals surface area contributed by atoms with Crippen molar-refractivity contribution < 1.29 is 19.1 Å². The van der Waals surface area contributed by atoms with Crippen molar-refractivity contribution in [3.05, 3.63) is 77.3 Å². The number of benzene rings is 3. The lowest BCUT2D eigenvalue weighted by atomic mass is 10.1. The number of amides is 2. The number of ether oxygens (including phenoxy) is 2. The van der Waals surface area contributed by atoms with E-state index in [1.807, 2.05) is 6.07 Å². The molecule has 1 heterocycles. The second-order valence-electron chi connectivity index (χ2n) is 5.74. The minimum absolute atomic E-state index is 0.278. The molecular weight excluding hydrogens is 368 g/mol. The van der Waals surface area contributed by atoms with Gasteiger partial charge in [-0.3, -0.25) is 10.1 Å². The largest absolute Gasteiger partial charge is 0.454 e. The van der Waals surface area contributed by atoms with Gasteiger partial charge < -0.3 is 14.8 Å². The number of halogens is 1. The molecule has 7 heteroatoms. The van der Waals surface area contributed by atoms with Gasteiger partial charge in [-0.1, -0.05) is 29.8 Å². The van der Waals surface area contributed by atoms with Gasteiger partial charge in [0.05, 0.1) is 11.3 Å². The van der Waals surface area contributed by atoms with Crippen LogP contribution in [0.3, 0.4) is 0 Å². The standard InChI is InChI=1S/C20H13ClN2O4/c21-12-6-8-18-16(10-12)23-19(24)15-11-13(7-9-17(15)27-18)22-20(25)26-14-4-2-1-3-5-14/h1-11H,(H,22,25)(H,23,24). The van der Waals surface area contributed by atoms with Gasteiger partial charge in [0.15, 0.2) is 5.75 Å². The van der Waals surface area contributed by atoms with Crippen molar-refractivity contribution in [1.82, 2.24) is 0 Å². The van der Waals surface area contributed by atoms with E-state index in [-0.39, 0.29) is 11.5 Å². The number of anilines is 2. The second-order valence-corrected chi connectivity index (χ2v) is 6.17. The highest BCUT2D eigenvalue weighted by atomic mass is 35.5. The van der Waals surface area contributed by atoms with Crippen LogP contribution >= 0.6 is 11.6 Å². The Labute approximate surface area is 159 Å². The van der Waals surface area contributed by atoms with Gasteiger partial charge in [0.2, 0.25) is 0 Å². The summed E-state index contributed by atoms with van der Waals surface area (Å²) in [5.41, 5.74) is 1.15. The summed E-state index contributed by atoms with van der Waals surface area (Å²) in [6.45, 7) is 0. The first-order chi connectivity index (χ1) is 13.1. The Kier molecular flexibility index (Phi) is 4.40. The van der Waals surface area contributed by atoms with Crippen LogP contribution in [0.2, 0.25) is 5.02 Å². The fourth-order valence-electron chi connectivity index (χ4n) is 2.61. The third kappa shape index (κ3) is 3.70. The molecule has 6 nitrogen and oxygen atoms in total. The Morgan fingerprint density at radius 3 is 2.59 bits per heavy atom. The zero-order valence-electron chi connectivity index (χ0n) is 13.9. The van der Waals surface area contributed by atoms with Crippen LogP contribution in [-0.4, -0.2) is 12.0 Å². The Hall–Kier alpha value is -3.51. The number of hydrogen-bond donors (Lipinski definition) is 2. The quantitative estimate of drug-likeness (QED) is 0.631. The molecule has 0 fully saturated rings. The Bertz CT molecular complexity index is 1040. The van der Waals surface area contributed by atoms with Crippen LogP contribution in [0.4, 0.5) is 16.2 Å². The molecule has 4 rings (SSSR count). The van der Waals surface area contributed by atoms with Gasteiger partial charge >= 0.3 is 6.09 Å². The molecule has 2 N–H and O–H groups in total. The first kappa shape index (κ1) is 16.9.